The number of nitrogens with zero attached hydrogens (tertiary/aromatic N) is 3. The number of piperidine rings is 1. The highest BCUT2D eigenvalue weighted by molar-refractivity contribution is 5.33. The van der Waals surface area contributed by atoms with Crippen molar-refractivity contribution in [3.8, 4) is 5.82 Å². The lowest BCUT2D eigenvalue weighted by molar-refractivity contribution is 0.149. The Kier molecular flexibility index (Phi) is 4.63. The van der Waals surface area contributed by atoms with Gasteiger partial charge in [-0.1, -0.05) is 19.4 Å². The average Bonchev–Trinajstić information content (AvgIpc) is 2.87. The summed E-state index contributed by atoms with van der Waals surface area (Å²) in [6.07, 6.45) is 7.26. The van der Waals surface area contributed by atoms with Crippen LogP contribution in [0.2, 0.25) is 0 Å². The minimum absolute atomic E-state index is 0.558. The van der Waals surface area contributed by atoms with Gasteiger partial charge in [0, 0.05) is 23.6 Å². The van der Waals surface area contributed by atoms with Gasteiger partial charge in [-0.3, -0.25) is 4.90 Å². The van der Waals surface area contributed by atoms with E-state index in [4.69, 9.17) is 4.98 Å². The van der Waals surface area contributed by atoms with Crippen molar-refractivity contribution >= 4 is 0 Å². The molecule has 0 aliphatic carbocycles. The van der Waals surface area contributed by atoms with Crippen molar-refractivity contribution in [2.45, 2.75) is 52.5 Å². The highest BCUT2D eigenvalue weighted by atomic mass is 15.2. The van der Waals surface area contributed by atoms with Crippen molar-refractivity contribution in [3.05, 3.63) is 47.4 Å². The Bertz CT molecular complexity index is 591. The van der Waals surface area contributed by atoms with Gasteiger partial charge < -0.3 is 4.57 Å². The molecule has 0 radical (unpaired) electrons. The van der Waals surface area contributed by atoms with E-state index in [1.54, 1.807) is 0 Å². The molecular weight excluding hydrogens is 270 g/mol. The SMILES string of the molecule is CCCN1CCCCC1c1ccc(-n2c(C)ccc2C)nc1. The van der Waals surface area contributed by atoms with Gasteiger partial charge in [0.1, 0.15) is 5.82 Å². The van der Waals surface area contributed by atoms with Crippen LogP contribution in [-0.2, 0) is 0 Å². The molecule has 1 unspecified atom stereocenters. The minimum Gasteiger partial charge on any atom is -0.303 e. The molecule has 2 aromatic rings. The maximum Gasteiger partial charge on any atom is 0.136 e. The molecule has 3 heterocycles. The van der Waals surface area contributed by atoms with E-state index in [-0.39, 0.29) is 0 Å². The summed E-state index contributed by atoms with van der Waals surface area (Å²) in [6, 6.07) is 9.31. The van der Waals surface area contributed by atoms with Crippen molar-refractivity contribution < 1.29 is 0 Å². The van der Waals surface area contributed by atoms with Gasteiger partial charge in [0.05, 0.1) is 0 Å². The lowest BCUT2D eigenvalue weighted by Crippen LogP contribution is -2.34. The first-order valence-corrected chi connectivity index (χ1v) is 8.56. The monoisotopic (exact) mass is 297 g/mol. The van der Waals surface area contributed by atoms with E-state index in [0.717, 1.165) is 5.82 Å². The third-order valence-electron chi connectivity index (χ3n) is 4.78. The first-order valence-electron chi connectivity index (χ1n) is 8.56. The topological polar surface area (TPSA) is 21.1 Å². The lowest BCUT2D eigenvalue weighted by Gasteiger charge is -2.35. The molecule has 1 saturated heterocycles. The standard InChI is InChI=1S/C19H27N3/c1-4-12-21-13-6-5-7-18(21)17-10-11-19(20-14-17)22-15(2)8-9-16(22)3/h8-11,14,18H,4-7,12-13H2,1-3H3. The second kappa shape index (κ2) is 6.66. The van der Waals surface area contributed by atoms with Crippen molar-refractivity contribution in [1.82, 2.24) is 14.5 Å². The quantitative estimate of drug-likeness (QED) is 0.832. The number of aromatic nitrogens is 2. The summed E-state index contributed by atoms with van der Waals surface area (Å²) in [4.78, 5) is 7.38. The van der Waals surface area contributed by atoms with E-state index in [1.807, 2.05) is 0 Å². The number of aryl methyl sites for hydroxylation is 2. The third-order valence-corrected chi connectivity index (χ3v) is 4.78. The van der Waals surface area contributed by atoms with Crippen LogP contribution in [0, 0.1) is 13.8 Å². The largest absolute Gasteiger partial charge is 0.303 e. The molecule has 0 amide bonds. The van der Waals surface area contributed by atoms with Crippen LogP contribution in [0.25, 0.3) is 5.82 Å². The lowest BCUT2D eigenvalue weighted by atomic mass is 9.96. The molecule has 1 atom stereocenters. The van der Waals surface area contributed by atoms with E-state index in [0.29, 0.717) is 6.04 Å². The molecule has 0 spiro atoms. The highest BCUT2D eigenvalue weighted by Crippen LogP contribution is 2.31. The summed E-state index contributed by atoms with van der Waals surface area (Å²) in [5.74, 6) is 1.03. The van der Waals surface area contributed by atoms with Crippen LogP contribution < -0.4 is 0 Å². The summed E-state index contributed by atoms with van der Waals surface area (Å²) in [5.41, 5.74) is 3.85. The van der Waals surface area contributed by atoms with Crippen LogP contribution in [0.3, 0.4) is 0 Å². The number of rotatable bonds is 4. The molecule has 3 nitrogen and oxygen atoms in total. The van der Waals surface area contributed by atoms with Crippen LogP contribution in [0.1, 0.15) is 55.6 Å². The van der Waals surface area contributed by atoms with Crippen molar-refractivity contribution in [3.63, 3.8) is 0 Å². The van der Waals surface area contributed by atoms with Gasteiger partial charge in [0.15, 0.2) is 0 Å². The number of hydrogen-bond acceptors (Lipinski definition) is 2. The average molecular weight is 297 g/mol. The van der Waals surface area contributed by atoms with Crippen LogP contribution in [0.5, 0.6) is 0 Å². The first-order chi connectivity index (χ1) is 10.7. The van der Waals surface area contributed by atoms with Gasteiger partial charge in [-0.2, -0.15) is 0 Å². The van der Waals surface area contributed by atoms with E-state index in [2.05, 4.69) is 60.7 Å². The maximum absolute atomic E-state index is 4.75. The van der Waals surface area contributed by atoms with Gasteiger partial charge in [-0.15, -0.1) is 0 Å². The Balaban J connectivity index is 1.84. The van der Waals surface area contributed by atoms with Gasteiger partial charge in [-0.25, -0.2) is 4.98 Å². The fourth-order valence-corrected chi connectivity index (χ4v) is 3.68. The van der Waals surface area contributed by atoms with Crippen molar-refractivity contribution in [2.75, 3.05) is 13.1 Å². The summed E-state index contributed by atoms with van der Waals surface area (Å²) >= 11 is 0. The van der Waals surface area contributed by atoms with Crippen LogP contribution in [-0.4, -0.2) is 27.5 Å². The molecule has 22 heavy (non-hydrogen) atoms. The Morgan fingerprint density at radius 3 is 2.50 bits per heavy atom. The maximum atomic E-state index is 4.75. The molecule has 3 rings (SSSR count). The van der Waals surface area contributed by atoms with Crippen LogP contribution in [0.4, 0.5) is 0 Å². The van der Waals surface area contributed by atoms with E-state index in [9.17, 15) is 0 Å². The van der Waals surface area contributed by atoms with Gasteiger partial charge in [0.25, 0.3) is 0 Å². The number of hydrogen-bond donors (Lipinski definition) is 0. The Hall–Kier alpha value is -1.61. The zero-order valence-electron chi connectivity index (χ0n) is 14.0. The third kappa shape index (κ3) is 2.95. The zero-order valence-corrected chi connectivity index (χ0v) is 14.0. The van der Waals surface area contributed by atoms with Gasteiger partial charge >= 0.3 is 0 Å². The molecule has 1 fully saturated rings. The Labute approximate surface area is 134 Å². The molecule has 3 heteroatoms. The van der Waals surface area contributed by atoms with Crippen molar-refractivity contribution in [2.24, 2.45) is 0 Å². The smallest absolute Gasteiger partial charge is 0.136 e. The second-order valence-corrected chi connectivity index (χ2v) is 6.45. The summed E-state index contributed by atoms with van der Waals surface area (Å²) < 4.78 is 2.22. The summed E-state index contributed by atoms with van der Waals surface area (Å²) in [7, 11) is 0. The molecule has 1 aliphatic heterocycles. The van der Waals surface area contributed by atoms with E-state index >= 15 is 0 Å². The fourth-order valence-electron chi connectivity index (χ4n) is 3.68. The zero-order chi connectivity index (χ0) is 15.5. The van der Waals surface area contributed by atoms with Crippen LogP contribution in [0.15, 0.2) is 30.5 Å². The molecule has 118 valence electrons. The molecule has 0 bridgehead atoms. The number of pyridine rings is 1. The highest BCUT2D eigenvalue weighted by Gasteiger charge is 2.23. The Morgan fingerprint density at radius 1 is 1.09 bits per heavy atom. The number of likely N-dealkylation sites (tertiary alicyclic amines) is 1. The summed E-state index contributed by atoms with van der Waals surface area (Å²) in [6.45, 7) is 8.96. The predicted molar refractivity (Wildman–Crippen MR) is 91.5 cm³/mol. The molecule has 1 aliphatic rings. The molecule has 0 aromatic carbocycles. The fraction of sp³-hybridized carbons (Fsp3) is 0.526. The van der Waals surface area contributed by atoms with Crippen LogP contribution >= 0.6 is 0 Å². The minimum atomic E-state index is 0.558. The normalized spacial score (nSPS) is 19.5. The first kappa shape index (κ1) is 15.3. The summed E-state index contributed by atoms with van der Waals surface area (Å²) in [5, 5.41) is 0. The molecule has 2 aromatic heterocycles. The van der Waals surface area contributed by atoms with Crippen molar-refractivity contribution in [1.29, 1.82) is 0 Å². The van der Waals surface area contributed by atoms with Gasteiger partial charge in [-0.05, 0) is 70.0 Å². The Morgan fingerprint density at radius 2 is 1.86 bits per heavy atom. The molecule has 0 saturated carbocycles. The molecular formula is C19H27N3. The van der Waals surface area contributed by atoms with E-state index < -0.39 is 0 Å². The second-order valence-electron chi connectivity index (χ2n) is 6.45. The molecule has 0 N–H and O–H groups in total. The van der Waals surface area contributed by atoms with E-state index in [1.165, 1.54) is 55.7 Å². The predicted octanol–water partition coefficient (Wildman–Crippen LogP) is 4.43. The van der Waals surface area contributed by atoms with Gasteiger partial charge in [0.2, 0.25) is 0 Å².